The largest absolute Gasteiger partial charge is 0.468 e. The summed E-state index contributed by atoms with van der Waals surface area (Å²) in [5.74, 6) is -0.340. The fourth-order valence-corrected chi connectivity index (χ4v) is 3.86. The highest BCUT2D eigenvalue weighted by Gasteiger charge is 2.23. The topological polar surface area (TPSA) is 55.4 Å². The van der Waals surface area contributed by atoms with Crippen LogP contribution in [0.4, 0.5) is 5.69 Å². The van der Waals surface area contributed by atoms with E-state index in [0.29, 0.717) is 12.3 Å². The zero-order valence-electron chi connectivity index (χ0n) is 11.1. The second-order valence-electron chi connectivity index (χ2n) is 3.97. The molecule has 100 valence electrons. The Morgan fingerprint density at radius 1 is 1.28 bits per heavy atom. The van der Waals surface area contributed by atoms with E-state index in [2.05, 4.69) is 10.1 Å². The van der Waals surface area contributed by atoms with Gasteiger partial charge in [-0.3, -0.25) is 4.79 Å². The molecule has 0 atom stereocenters. The lowest BCUT2D eigenvalue weighted by atomic mass is 10.3. The number of benzene rings is 1. The molecule has 0 fully saturated rings. The Balaban J connectivity index is 2.99. The number of nitrogens with one attached hydrogen (secondary N) is 1. The third kappa shape index (κ3) is 3.36. The minimum atomic E-state index is -2.35. The van der Waals surface area contributed by atoms with E-state index in [1.807, 2.05) is 38.1 Å². The molecule has 0 spiro atoms. The summed E-state index contributed by atoms with van der Waals surface area (Å²) >= 11 is 0. The number of anilines is 1. The second kappa shape index (κ2) is 6.60. The summed E-state index contributed by atoms with van der Waals surface area (Å²) in [6.45, 7) is 3.95. The lowest BCUT2D eigenvalue weighted by Crippen LogP contribution is -2.20. The van der Waals surface area contributed by atoms with Crippen molar-refractivity contribution in [3.63, 3.8) is 0 Å². The fraction of sp³-hybridized carbons (Fsp3) is 0.462. The van der Waals surface area contributed by atoms with E-state index in [1.54, 1.807) is 0 Å². The van der Waals surface area contributed by atoms with Crippen molar-refractivity contribution >= 4 is 24.1 Å². The van der Waals surface area contributed by atoms with E-state index in [9.17, 15) is 9.36 Å². The Kier molecular flexibility index (Phi) is 5.42. The number of hydrogen-bond acceptors (Lipinski definition) is 4. The third-order valence-corrected chi connectivity index (χ3v) is 6.33. The van der Waals surface area contributed by atoms with Gasteiger partial charge in [0.1, 0.15) is 13.7 Å². The van der Waals surface area contributed by atoms with Crippen molar-refractivity contribution in [3.05, 3.63) is 24.3 Å². The SMILES string of the molecule is CCP(=O)(CC)c1ccccc1NCC(=O)OC. The van der Waals surface area contributed by atoms with Gasteiger partial charge in [-0.1, -0.05) is 26.0 Å². The maximum absolute atomic E-state index is 12.7. The molecule has 0 amide bonds. The van der Waals surface area contributed by atoms with Crippen LogP contribution in [0.1, 0.15) is 13.8 Å². The molecule has 0 aromatic heterocycles. The van der Waals surface area contributed by atoms with Gasteiger partial charge in [0.2, 0.25) is 0 Å². The van der Waals surface area contributed by atoms with Gasteiger partial charge in [0, 0.05) is 23.3 Å². The molecule has 0 aliphatic heterocycles. The van der Waals surface area contributed by atoms with Gasteiger partial charge in [-0.05, 0) is 12.1 Å². The van der Waals surface area contributed by atoms with Gasteiger partial charge in [0.05, 0.1) is 7.11 Å². The second-order valence-corrected chi connectivity index (χ2v) is 7.49. The summed E-state index contributed by atoms with van der Waals surface area (Å²) in [6, 6.07) is 7.44. The average Bonchev–Trinajstić information content (AvgIpc) is 2.44. The van der Waals surface area contributed by atoms with Crippen LogP contribution in [0.2, 0.25) is 0 Å². The summed E-state index contributed by atoms with van der Waals surface area (Å²) in [5.41, 5.74) is 0.759. The summed E-state index contributed by atoms with van der Waals surface area (Å²) in [4.78, 5) is 11.1. The van der Waals surface area contributed by atoms with Crippen molar-refractivity contribution in [1.29, 1.82) is 0 Å². The summed E-state index contributed by atoms with van der Waals surface area (Å²) in [6.07, 6.45) is 1.25. The van der Waals surface area contributed by atoms with E-state index in [1.165, 1.54) is 7.11 Å². The molecule has 0 aliphatic carbocycles. The Bertz CT molecular complexity index is 451. The van der Waals surface area contributed by atoms with Gasteiger partial charge in [0.25, 0.3) is 0 Å². The highest BCUT2D eigenvalue weighted by molar-refractivity contribution is 7.71. The van der Waals surface area contributed by atoms with E-state index in [4.69, 9.17) is 0 Å². The zero-order chi connectivity index (χ0) is 13.6. The number of rotatable bonds is 6. The van der Waals surface area contributed by atoms with Gasteiger partial charge >= 0.3 is 5.97 Å². The quantitative estimate of drug-likeness (QED) is 0.636. The van der Waals surface area contributed by atoms with Gasteiger partial charge in [-0.25, -0.2) is 0 Å². The number of carbonyl (C=O) groups excluding carboxylic acids is 1. The lowest BCUT2D eigenvalue weighted by Gasteiger charge is -2.19. The molecular weight excluding hydrogens is 249 g/mol. The van der Waals surface area contributed by atoms with Gasteiger partial charge in [-0.15, -0.1) is 0 Å². The number of para-hydroxylation sites is 1. The fourth-order valence-electron chi connectivity index (χ4n) is 1.78. The molecule has 0 saturated carbocycles. The highest BCUT2D eigenvalue weighted by atomic mass is 31.2. The zero-order valence-corrected chi connectivity index (χ0v) is 12.0. The Labute approximate surface area is 108 Å². The first-order valence-corrected chi connectivity index (χ1v) is 8.13. The summed E-state index contributed by atoms with van der Waals surface area (Å²) in [7, 11) is -1.01. The molecule has 0 aliphatic rings. The standard InChI is InChI=1S/C13H20NO3P/c1-4-18(16,5-2)12-9-7-6-8-11(12)14-10-13(15)17-3/h6-9,14H,4-5,10H2,1-3H3. The molecule has 0 heterocycles. The number of hydrogen-bond donors (Lipinski definition) is 1. The van der Waals surface area contributed by atoms with E-state index in [-0.39, 0.29) is 12.5 Å². The van der Waals surface area contributed by atoms with E-state index < -0.39 is 7.14 Å². The molecule has 1 rings (SSSR count). The van der Waals surface area contributed by atoms with E-state index >= 15 is 0 Å². The van der Waals surface area contributed by atoms with Gasteiger partial charge < -0.3 is 14.6 Å². The van der Waals surface area contributed by atoms with Crippen LogP contribution in [0, 0.1) is 0 Å². The van der Waals surface area contributed by atoms with Gasteiger partial charge in [0.15, 0.2) is 0 Å². The van der Waals surface area contributed by atoms with Crippen LogP contribution >= 0.6 is 7.14 Å². The van der Waals surface area contributed by atoms with Crippen LogP contribution in [-0.2, 0) is 14.1 Å². The monoisotopic (exact) mass is 269 g/mol. The predicted octanol–water partition coefficient (Wildman–Crippen LogP) is 2.30. The van der Waals surface area contributed by atoms with Crippen LogP contribution in [0.25, 0.3) is 0 Å². The van der Waals surface area contributed by atoms with Gasteiger partial charge in [-0.2, -0.15) is 0 Å². The molecule has 5 heteroatoms. The summed E-state index contributed by atoms with van der Waals surface area (Å²) < 4.78 is 17.3. The lowest BCUT2D eigenvalue weighted by molar-refractivity contribution is -0.138. The van der Waals surface area contributed by atoms with Crippen LogP contribution in [-0.4, -0.2) is 31.9 Å². The first-order valence-electron chi connectivity index (χ1n) is 6.05. The van der Waals surface area contributed by atoms with Crippen molar-refractivity contribution < 1.29 is 14.1 Å². The first kappa shape index (κ1) is 14.8. The Morgan fingerprint density at radius 2 is 1.89 bits per heavy atom. The molecule has 0 saturated heterocycles. The normalized spacial score (nSPS) is 11.1. The van der Waals surface area contributed by atoms with Crippen molar-refractivity contribution in [2.75, 3.05) is 31.3 Å². The smallest absolute Gasteiger partial charge is 0.325 e. The van der Waals surface area contributed by atoms with Crippen LogP contribution in [0.15, 0.2) is 24.3 Å². The number of ether oxygens (including phenoxy) is 1. The van der Waals surface area contributed by atoms with Crippen molar-refractivity contribution in [3.8, 4) is 0 Å². The molecule has 0 bridgehead atoms. The van der Waals surface area contributed by atoms with E-state index in [0.717, 1.165) is 11.0 Å². The van der Waals surface area contributed by atoms with Crippen molar-refractivity contribution in [1.82, 2.24) is 0 Å². The molecule has 1 aromatic carbocycles. The molecule has 0 unspecified atom stereocenters. The number of methoxy groups -OCH3 is 1. The van der Waals surface area contributed by atoms with Crippen molar-refractivity contribution in [2.24, 2.45) is 0 Å². The Hall–Kier alpha value is -1.28. The molecular formula is C13H20NO3P. The average molecular weight is 269 g/mol. The summed E-state index contributed by atoms with van der Waals surface area (Å²) in [5, 5.41) is 3.81. The third-order valence-electron chi connectivity index (χ3n) is 3.02. The number of esters is 1. The minimum absolute atomic E-state index is 0.0843. The highest BCUT2D eigenvalue weighted by Crippen LogP contribution is 2.45. The molecule has 18 heavy (non-hydrogen) atoms. The van der Waals surface area contributed by atoms with Crippen LogP contribution in [0.3, 0.4) is 0 Å². The van der Waals surface area contributed by atoms with Crippen LogP contribution in [0.5, 0.6) is 0 Å². The molecule has 0 radical (unpaired) electrons. The minimum Gasteiger partial charge on any atom is -0.468 e. The maximum atomic E-state index is 12.7. The van der Waals surface area contributed by atoms with Crippen LogP contribution < -0.4 is 10.6 Å². The molecule has 1 N–H and O–H groups in total. The Morgan fingerprint density at radius 3 is 2.44 bits per heavy atom. The molecule has 1 aromatic rings. The predicted molar refractivity (Wildman–Crippen MR) is 75.3 cm³/mol. The van der Waals surface area contributed by atoms with Crippen molar-refractivity contribution in [2.45, 2.75) is 13.8 Å². The maximum Gasteiger partial charge on any atom is 0.325 e. The molecule has 4 nitrogen and oxygen atoms in total. The number of carbonyl (C=O) groups is 1. The first-order chi connectivity index (χ1) is 8.57.